The van der Waals surface area contributed by atoms with Gasteiger partial charge in [-0.2, -0.15) is 9.61 Å². The molecule has 3 amide bonds. The van der Waals surface area contributed by atoms with Gasteiger partial charge in [0.1, 0.15) is 29.5 Å². The van der Waals surface area contributed by atoms with E-state index in [1.165, 1.54) is 21.6 Å². The Kier molecular flexibility index (Phi) is 5.14. The summed E-state index contributed by atoms with van der Waals surface area (Å²) in [6.07, 6.45) is 1.87. The second-order valence-electron chi connectivity index (χ2n) is 8.60. The predicted octanol–water partition coefficient (Wildman–Crippen LogP) is 0.879. The average molecular weight is 467 g/mol. The summed E-state index contributed by atoms with van der Waals surface area (Å²) < 4.78 is 15.6. The first-order valence-electron chi connectivity index (χ1n) is 10.9. The average Bonchev–Trinajstić information content (AvgIpc) is 3.34. The van der Waals surface area contributed by atoms with Gasteiger partial charge < -0.3 is 19.7 Å². The molecule has 3 aromatic rings. The van der Waals surface area contributed by atoms with Gasteiger partial charge in [-0.25, -0.2) is 9.37 Å². The standard InChI is InChI=1S/C22H22FN7O4/c1-12(2)28-10-14-19(22(28)34)29(11-17(31)25-16-5-4-13(23)9-24-16)18-8-15(26-30(18)20(14)32)21(33)27-6-3-7-27/h4-5,8-9,12H,3,6-7,10-11H2,1-2H3,(H,24,25,31). The zero-order chi connectivity index (χ0) is 24.1. The minimum Gasteiger partial charge on any atom is -0.337 e. The Morgan fingerprint density at radius 1 is 1.21 bits per heavy atom. The van der Waals surface area contributed by atoms with Crippen LogP contribution in [0.5, 0.6) is 0 Å². The zero-order valence-electron chi connectivity index (χ0n) is 18.6. The number of fused-ring (bicyclic) bond motifs is 2. The Bertz CT molecular complexity index is 1390. The number of carbonyl (C=O) groups excluding carboxylic acids is 3. The number of likely N-dealkylation sites (tertiary alicyclic amines) is 1. The van der Waals surface area contributed by atoms with Crippen LogP contribution in [0.2, 0.25) is 0 Å². The monoisotopic (exact) mass is 467 g/mol. The van der Waals surface area contributed by atoms with Crippen LogP contribution in [0.3, 0.4) is 0 Å². The first-order chi connectivity index (χ1) is 16.2. The van der Waals surface area contributed by atoms with Crippen molar-refractivity contribution in [2.45, 2.75) is 39.4 Å². The molecule has 0 unspecified atom stereocenters. The summed E-state index contributed by atoms with van der Waals surface area (Å²) in [6, 6.07) is 3.73. The normalized spacial score (nSPS) is 15.1. The summed E-state index contributed by atoms with van der Waals surface area (Å²) in [4.78, 5) is 59.0. The molecule has 5 rings (SSSR count). The number of hydrogen-bond donors (Lipinski definition) is 1. The lowest BCUT2D eigenvalue weighted by Gasteiger charge is -2.29. The molecule has 0 radical (unpaired) electrons. The van der Waals surface area contributed by atoms with Crippen LogP contribution in [0.25, 0.3) is 5.65 Å². The van der Waals surface area contributed by atoms with E-state index in [0.29, 0.717) is 13.1 Å². The highest BCUT2D eigenvalue weighted by molar-refractivity contribution is 5.99. The number of nitrogens with one attached hydrogen (secondary N) is 1. The van der Waals surface area contributed by atoms with Gasteiger partial charge in [-0.3, -0.25) is 19.2 Å². The first-order valence-corrected chi connectivity index (χ1v) is 10.9. The Morgan fingerprint density at radius 3 is 2.59 bits per heavy atom. The van der Waals surface area contributed by atoms with E-state index < -0.39 is 17.3 Å². The Balaban J connectivity index is 1.59. The summed E-state index contributed by atoms with van der Waals surface area (Å²) in [5, 5.41) is 6.78. The highest BCUT2D eigenvalue weighted by Gasteiger charge is 2.37. The molecule has 34 heavy (non-hydrogen) atoms. The molecule has 2 aliphatic heterocycles. The molecule has 11 nitrogen and oxygen atoms in total. The van der Waals surface area contributed by atoms with Crippen LogP contribution in [0, 0.1) is 5.82 Å². The number of rotatable bonds is 5. The van der Waals surface area contributed by atoms with Gasteiger partial charge in [0.05, 0.1) is 18.3 Å². The molecule has 1 fully saturated rings. The van der Waals surface area contributed by atoms with Crippen molar-refractivity contribution in [2.24, 2.45) is 0 Å². The summed E-state index contributed by atoms with van der Waals surface area (Å²) in [7, 11) is 0. The number of amides is 3. The molecule has 0 aliphatic carbocycles. The van der Waals surface area contributed by atoms with Gasteiger partial charge in [0.15, 0.2) is 5.69 Å². The maximum absolute atomic E-state index is 13.2. The summed E-state index contributed by atoms with van der Waals surface area (Å²) in [5.41, 5.74) is 0.0408. The number of anilines is 1. The lowest BCUT2D eigenvalue weighted by atomic mass is 10.2. The van der Waals surface area contributed by atoms with E-state index in [9.17, 15) is 23.6 Å². The molecule has 5 heterocycles. The largest absolute Gasteiger partial charge is 0.337 e. The van der Waals surface area contributed by atoms with Crippen molar-refractivity contribution in [1.29, 1.82) is 0 Å². The van der Waals surface area contributed by atoms with Crippen molar-refractivity contribution in [3.63, 3.8) is 0 Å². The van der Waals surface area contributed by atoms with Crippen LogP contribution in [-0.4, -0.2) is 65.8 Å². The second-order valence-corrected chi connectivity index (χ2v) is 8.60. The fourth-order valence-corrected chi connectivity index (χ4v) is 4.12. The van der Waals surface area contributed by atoms with Gasteiger partial charge in [0.25, 0.3) is 17.4 Å². The molecule has 0 bridgehead atoms. The van der Waals surface area contributed by atoms with Gasteiger partial charge >= 0.3 is 0 Å². The van der Waals surface area contributed by atoms with Gasteiger partial charge in [0, 0.05) is 25.2 Å². The molecule has 1 N–H and O–H groups in total. The maximum atomic E-state index is 13.2. The number of carbonyl (C=O) groups is 3. The van der Waals surface area contributed by atoms with Gasteiger partial charge in [-0.1, -0.05) is 0 Å². The minimum atomic E-state index is -0.545. The predicted molar refractivity (Wildman–Crippen MR) is 118 cm³/mol. The molecular weight excluding hydrogens is 445 g/mol. The number of nitrogens with zero attached hydrogens (tertiary/aromatic N) is 6. The molecule has 0 aromatic carbocycles. The second kappa shape index (κ2) is 8.04. The third-order valence-electron chi connectivity index (χ3n) is 6.05. The molecule has 0 atom stereocenters. The van der Waals surface area contributed by atoms with E-state index in [-0.39, 0.29) is 59.4 Å². The van der Waals surface area contributed by atoms with E-state index in [1.807, 2.05) is 13.8 Å². The van der Waals surface area contributed by atoms with Crippen molar-refractivity contribution < 1.29 is 18.8 Å². The van der Waals surface area contributed by atoms with Crippen LogP contribution in [0.1, 0.15) is 46.8 Å². The first kappa shape index (κ1) is 21.7. The van der Waals surface area contributed by atoms with Crippen LogP contribution >= 0.6 is 0 Å². The number of hydrogen-bond acceptors (Lipinski definition) is 6. The smallest absolute Gasteiger partial charge is 0.280 e. The van der Waals surface area contributed by atoms with E-state index in [1.54, 1.807) is 4.90 Å². The van der Waals surface area contributed by atoms with Crippen molar-refractivity contribution >= 4 is 29.2 Å². The SMILES string of the molecule is CC(C)N1Cc2c(n(CC(=O)Nc3ccc(F)cn3)c3cc(C(=O)N4CCC4)nn3c2=O)C1=O. The van der Waals surface area contributed by atoms with Crippen LogP contribution in [0.4, 0.5) is 10.2 Å². The molecule has 12 heteroatoms. The highest BCUT2D eigenvalue weighted by atomic mass is 19.1. The number of pyridine rings is 1. The quantitative estimate of drug-likeness (QED) is 0.595. The van der Waals surface area contributed by atoms with Crippen molar-refractivity contribution in [3.8, 4) is 0 Å². The Labute approximate surface area is 192 Å². The van der Waals surface area contributed by atoms with Crippen molar-refractivity contribution in [2.75, 3.05) is 18.4 Å². The van der Waals surface area contributed by atoms with E-state index in [4.69, 9.17) is 0 Å². The molecular formula is C22H22FN7O4. The minimum absolute atomic E-state index is 0.0722. The summed E-state index contributed by atoms with van der Waals surface area (Å²) >= 11 is 0. The van der Waals surface area contributed by atoms with Crippen molar-refractivity contribution in [1.82, 2.24) is 29.0 Å². The lowest BCUT2D eigenvalue weighted by Crippen LogP contribution is -2.42. The van der Waals surface area contributed by atoms with Gasteiger partial charge in [-0.05, 0) is 32.4 Å². The number of halogens is 1. The van der Waals surface area contributed by atoms with E-state index in [0.717, 1.165) is 23.2 Å². The molecule has 1 saturated heterocycles. The highest BCUT2D eigenvalue weighted by Crippen LogP contribution is 2.25. The zero-order valence-corrected chi connectivity index (χ0v) is 18.6. The fourth-order valence-electron chi connectivity index (χ4n) is 4.12. The fraction of sp³-hybridized carbons (Fsp3) is 0.364. The Morgan fingerprint density at radius 2 is 1.97 bits per heavy atom. The van der Waals surface area contributed by atoms with E-state index >= 15 is 0 Å². The molecule has 2 aliphatic rings. The van der Waals surface area contributed by atoms with Crippen LogP contribution in [-0.2, 0) is 17.9 Å². The van der Waals surface area contributed by atoms with Crippen LogP contribution in [0.15, 0.2) is 29.2 Å². The third kappa shape index (κ3) is 3.51. The lowest BCUT2D eigenvalue weighted by molar-refractivity contribution is -0.116. The van der Waals surface area contributed by atoms with Crippen molar-refractivity contribution in [3.05, 3.63) is 57.5 Å². The Hall–Kier alpha value is -4.09. The van der Waals surface area contributed by atoms with Crippen LogP contribution < -0.4 is 10.9 Å². The van der Waals surface area contributed by atoms with E-state index in [2.05, 4.69) is 15.4 Å². The molecule has 3 aromatic heterocycles. The number of aromatic nitrogens is 4. The third-order valence-corrected chi connectivity index (χ3v) is 6.05. The van der Waals surface area contributed by atoms with Gasteiger partial charge in [0.2, 0.25) is 5.91 Å². The summed E-state index contributed by atoms with van der Waals surface area (Å²) in [6.45, 7) is 4.63. The van der Waals surface area contributed by atoms with Gasteiger partial charge in [-0.15, -0.1) is 0 Å². The maximum Gasteiger partial charge on any atom is 0.280 e. The summed E-state index contributed by atoms with van der Waals surface area (Å²) in [5.74, 6) is -1.64. The molecule has 176 valence electrons. The topological polar surface area (TPSA) is 122 Å². The molecule has 0 spiro atoms. The molecule has 0 saturated carbocycles.